The molecule has 1 aromatic heterocycles. The number of anilines is 1. The quantitative estimate of drug-likeness (QED) is 0.232. The van der Waals surface area contributed by atoms with Gasteiger partial charge in [-0.2, -0.15) is 5.26 Å². The number of benzene rings is 2. The summed E-state index contributed by atoms with van der Waals surface area (Å²) in [5, 5.41) is 16.9. The van der Waals surface area contributed by atoms with Crippen molar-refractivity contribution in [1.82, 2.24) is 10.3 Å². The van der Waals surface area contributed by atoms with Gasteiger partial charge >= 0.3 is 0 Å². The summed E-state index contributed by atoms with van der Waals surface area (Å²) in [5.74, 6) is -0.381. The molecule has 0 saturated heterocycles. The standard InChI is InChI=1S/C17H11Cl3N4OS2/c18-17(19,20)15(23-14(25)10-4-2-1-3-5-10)24-16-22-12-7-6-11(26-9-21)8-13(12)27-16/h1-8,15H,(H,22,24)(H,23,25)/t15-/m1/s1. The molecule has 3 aromatic rings. The summed E-state index contributed by atoms with van der Waals surface area (Å²) in [4.78, 5) is 17.7. The number of thioether (sulfide) groups is 1. The number of aromatic nitrogens is 1. The van der Waals surface area contributed by atoms with Gasteiger partial charge in [-0.05, 0) is 42.1 Å². The minimum Gasteiger partial charge on any atom is -0.338 e. The first-order chi connectivity index (χ1) is 12.9. The van der Waals surface area contributed by atoms with E-state index in [-0.39, 0.29) is 5.91 Å². The molecule has 2 N–H and O–H groups in total. The summed E-state index contributed by atoms with van der Waals surface area (Å²) < 4.78 is -0.931. The summed E-state index contributed by atoms with van der Waals surface area (Å²) in [6, 6.07) is 14.1. The molecule has 0 unspecified atom stereocenters. The number of halogens is 3. The van der Waals surface area contributed by atoms with Gasteiger partial charge in [-0.15, -0.1) is 0 Å². The molecule has 1 atom stereocenters. The first-order valence-corrected chi connectivity index (χ1v) is 10.3. The van der Waals surface area contributed by atoms with E-state index in [4.69, 9.17) is 40.1 Å². The molecule has 0 aliphatic carbocycles. The molecule has 0 radical (unpaired) electrons. The van der Waals surface area contributed by atoms with E-state index in [2.05, 4.69) is 15.6 Å². The lowest BCUT2D eigenvalue weighted by atomic mass is 10.2. The zero-order valence-electron chi connectivity index (χ0n) is 13.4. The monoisotopic (exact) mass is 456 g/mol. The number of nitrogens with zero attached hydrogens (tertiary/aromatic N) is 2. The number of hydrogen-bond donors (Lipinski definition) is 2. The lowest BCUT2D eigenvalue weighted by Crippen LogP contribution is -2.49. The maximum Gasteiger partial charge on any atom is 0.252 e. The number of carbonyl (C=O) groups is 1. The van der Waals surface area contributed by atoms with Crippen LogP contribution in [0.25, 0.3) is 10.2 Å². The summed E-state index contributed by atoms with van der Waals surface area (Å²) >= 11 is 20.5. The maximum absolute atomic E-state index is 12.4. The molecule has 0 spiro atoms. The van der Waals surface area contributed by atoms with Gasteiger partial charge in [0.05, 0.1) is 10.2 Å². The molecule has 0 aliphatic rings. The van der Waals surface area contributed by atoms with E-state index in [1.54, 1.807) is 30.3 Å². The number of hydrogen-bond acceptors (Lipinski definition) is 6. The molecule has 0 aliphatic heterocycles. The van der Waals surface area contributed by atoms with Crippen LogP contribution in [0.5, 0.6) is 0 Å². The van der Waals surface area contributed by atoms with E-state index in [9.17, 15) is 4.79 Å². The third kappa shape index (κ3) is 5.18. The fourth-order valence-corrected chi connectivity index (χ4v) is 3.96. The fourth-order valence-electron chi connectivity index (χ4n) is 2.21. The van der Waals surface area contributed by atoms with Crippen LogP contribution in [0.3, 0.4) is 0 Å². The van der Waals surface area contributed by atoms with E-state index in [0.29, 0.717) is 10.7 Å². The van der Waals surface area contributed by atoms with Crippen molar-refractivity contribution in [3.63, 3.8) is 0 Å². The smallest absolute Gasteiger partial charge is 0.252 e. The second kappa shape index (κ2) is 8.55. The van der Waals surface area contributed by atoms with Gasteiger partial charge in [-0.25, -0.2) is 4.98 Å². The van der Waals surface area contributed by atoms with E-state index < -0.39 is 9.96 Å². The number of carbonyl (C=O) groups excluding carboxylic acids is 1. The Hall–Kier alpha value is -1.69. The third-order valence-corrected chi connectivity index (χ3v) is 5.61. The Morgan fingerprint density at radius 2 is 1.96 bits per heavy atom. The highest BCUT2D eigenvalue weighted by molar-refractivity contribution is 8.03. The van der Waals surface area contributed by atoms with Gasteiger partial charge in [-0.1, -0.05) is 64.3 Å². The summed E-state index contributed by atoms with van der Waals surface area (Å²) in [6.07, 6.45) is -0.997. The molecular weight excluding hydrogens is 447 g/mol. The number of nitriles is 1. The second-order valence-electron chi connectivity index (χ2n) is 5.30. The minimum absolute atomic E-state index is 0.381. The zero-order valence-corrected chi connectivity index (χ0v) is 17.3. The Kier molecular flexibility index (Phi) is 6.35. The van der Waals surface area contributed by atoms with Crippen molar-refractivity contribution < 1.29 is 4.79 Å². The molecule has 0 fully saturated rings. The Bertz CT molecular complexity index is 999. The van der Waals surface area contributed by atoms with Gasteiger partial charge in [-0.3, -0.25) is 4.79 Å². The van der Waals surface area contributed by atoms with Crippen molar-refractivity contribution in [1.29, 1.82) is 5.26 Å². The molecule has 1 amide bonds. The average Bonchev–Trinajstić information content (AvgIpc) is 3.03. The van der Waals surface area contributed by atoms with Crippen molar-refractivity contribution >= 4 is 79.2 Å². The third-order valence-electron chi connectivity index (χ3n) is 3.43. The highest BCUT2D eigenvalue weighted by Gasteiger charge is 2.35. The number of thiocyanates is 1. The van der Waals surface area contributed by atoms with Gasteiger partial charge in [0.25, 0.3) is 5.91 Å². The normalized spacial score (nSPS) is 12.4. The summed E-state index contributed by atoms with van der Waals surface area (Å²) in [7, 11) is 0. The number of amides is 1. The topological polar surface area (TPSA) is 77.8 Å². The van der Waals surface area contributed by atoms with Crippen molar-refractivity contribution in [2.24, 2.45) is 0 Å². The van der Waals surface area contributed by atoms with Crippen LogP contribution in [-0.4, -0.2) is 20.8 Å². The van der Waals surface area contributed by atoms with Crippen molar-refractivity contribution in [3.05, 3.63) is 54.1 Å². The lowest BCUT2D eigenvalue weighted by Gasteiger charge is -2.26. The van der Waals surface area contributed by atoms with Crippen LogP contribution < -0.4 is 10.6 Å². The number of rotatable bonds is 5. The number of alkyl halides is 3. The lowest BCUT2D eigenvalue weighted by molar-refractivity contribution is 0.0942. The number of thiazole rings is 1. The molecule has 5 nitrogen and oxygen atoms in total. The molecule has 138 valence electrons. The summed E-state index contributed by atoms with van der Waals surface area (Å²) in [6.45, 7) is 0. The van der Waals surface area contributed by atoms with Crippen molar-refractivity contribution in [2.45, 2.75) is 14.9 Å². The van der Waals surface area contributed by atoms with Crippen molar-refractivity contribution in [2.75, 3.05) is 5.32 Å². The molecule has 3 rings (SSSR count). The Labute approximate surface area is 178 Å². The number of fused-ring (bicyclic) bond motifs is 1. The highest BCUT2D eigenvalue weighted by Crippen LogP contribution is 2.34. The SMILES string of the molecule is N#CSc1ccc2nc(N[C@@H](NC(=O)c3ccccc3)C(Cl)(Cl)Cl)sc2c1. The molecule has 0 bridgehead atoms. The van der Waals surface area contributed by atoms with Crippen LogP contribution in [-0.2, 0) is 0 Å². The largest absolute Gasteiger partial charge is 0.338 e. The van der Waals surface area contributed by atoms with E-state index in [1.807, 2.05) is 23.6 Å². The Morgan fingerprint density at radius 1 is 1.22 bits per heavy atom. The fraction of sp³-hybridized carbons (Fsp3) is 0.118. The minimum atomic E-state index is -1.80. The van der Waals surface area contributed by atoms with Gasteiger partial charge in [0.1, 0.15) is 11.6 Å². The van der Waals surface area contributed by atoms with Gasteiger partial charge in [0.15, 0.2) is 5.13 Å². The molecule has 0 saturated carbocycles. The van der Waals surface area contributed by atoms with E-state index in [0.717, 1.165) is 26.9 Å². The van der Waals surface area contributed by atoms with Crippen LogP contribution in [0.15, 0.2) is 53.4 Å². The van der Waals surface area contributed by atoms with Gasteiger partial charge < -0.3 is 10.6 Å². The highest BCUT2D eigenvalue weighted by atomic mass is 35.6. The maximum atomic E-state index is 12.4. The molecular formula is C17H11Cl3N4OS2. The predicted octanol–water partition coefficient (Wildman–Crippen LogP) is 5.41. The average molecular weight is 458 g/mol. The van der Waals surface area contributed by atoms with Gasteiger partial charge in [0, 0.05) is 10.5 Å². The number of nitrogens with one attached hydrogen (secondary N) is 2. The van der Waals surface area contributed by atoms with Crippen LogP contribution in [0, 0.1) is 10.7 Å². The molecule has 1 heterocycles. The van der Waals surface area contributed by atoms with Crippen LogP contribution in [0.2, 0.25) is 0 Å². The Morgan fingerprint density at radius 3 is 2.63 bits per heavy atom. The Balaban J connectivity index is 1.81. The first kappa shape index (κ1) is 20.1. The van der Waals surface area contributed by atoms with Crippen LogP contribution in [0.1, 0.15) is 10.4 Å². The van der Waals surface area contributed by atoms with E-state index in [1.165, 1.54) is 11.3 Å². The van der Waals surface area contributed by atoms with Gasteiger partial charge in [0.2, 0.25) is 3.79 Å². The van der Waals surface area contributed by atoms with Crippen LogP contribution >= 0.6 is 57.9 Å². The molecule has 27 heavy (non-hydrogen) atoms. The first-order valence-electron chi connectivity index (χ1n) is 7.52. The van der Waals surface area contributed by atoms with Crippen LogP contribution in [0.4, 0.5) is 5.13 Å². The molecule has 2 aromatic carbocycles. The molecule has 10 heteroatoms. The van der Waals surface area contributed by atoms with E-state index >= 15 is 0 Å². The second-order valence-corrected chi connectivity index (χ2v) is 9.56. The predicted molar refractivity (Wildman–Crippen MR) is 113 cm³/mol. The summed E-state index contributed by atoms with van der Waals surface area (Å²) in [5.41, 5.74) is 1.18. The zero-order chi connectivity index (χ0) is 19.4. The van der Waals surface area contributed by atoms with Crippen molar-refractivity contribution in [3.8, 4) is 5.40 Å².